The number of rotatable bonds is 4. The van der Waals surface area contributed by atoms with Gasteiger partial charge in [0.25, 0.3) is 11.5 Å². The first-order chi connectivity index (χ1) is 12.0. The quantitative estimate of drug-likeness (QED) is 0.921. The Labute approximate surface area is 144 Å². The SMILES string of the molecule is CC1(CNC(=O)c2ccc(=O)n(-c3ccccc3F)n2)CCCCO1. The number of amides is 1. The van der Waals surface area contributed by atoms with Crippen molar-refractivity contribution in [3.8, 4) is 5.69 Å². The summed E-state index contributed by atoms with van der Waals surface area (Å²) in [5, 5.41) is 6.79. The molecule has 1 aliphatic rings. The molecule has 2 aromatic rings. The lowest BCUT2D eigenvalue weighted by Gasteiger charge is -2.33. The maximum Gasteiger partial charge on any atom is 0.271 e. The van der Waals surface area contributed by atoms with Crippen LogP contribution in [0.25, 0.3) is 5.69 Å². The number of carbonyl (C=O) groups excluding carboxylic acids is 1. The number of hydrogen-bond donors (Lipinski definition) is 1. The second kappa shape index (κ2) is 7.14. The van der Waals surface area contributed by atoms with Gasteiger partial charge >= 0.3 is 0 Å². The Hall–Kier alpha value is -2.54. The number of nitrogens with one attached hydrogen (secondary N) is 1. The third-order valence-electron chi connectivity index (χ3n) is 4.29. The summed E-state index contributed by atoms with van der Waals surface area (Å²) in [4.78, 5) is 24.4. The van der Waals surface area contributed by atoms with Gasteiger partial charge in [0.15, 0.2) is 0 Å². The number of ether oxygens (including phenoxy) is 1. The van der Waals surface area contributed by atoms with Crippen molar-refractivity contribution in [1.29, 1.82) is 0 Å². The van der Waals surface area contributed by atoms with Gasteiger partial charge in [-0.1, -0.05) is 12.1 Å². The Morgan fingerprint density at radius 3 is 2.84 bits per heavy atom. The molecule has 1 aliphatic heterocycles. The molecule has 0 spiro atoms. The Morgan fingerprint density at radius 2 is 2.12 bits per heavy atom. The van der Waals surface area contributed by atoms with Gasteiger partial charge in [0, 0.05) is 19.2 Å². The summed E-state index contributed by atoms with van der Waals surface area (Å²) >= 11 is 0. The molecule has 1 unspecified atom stereocenters. The van der Waals surface area contributed by atoms with Gasteiger partial charge in [0.05, 0.1) is 5.60 Å². The van der Waals surface area contributed by atoms with Crippen LogP contribution in [0.2, 0.25) is 0 Å². The average molecular weight is 345 g/mol. The van der Waals surface area contributed by atoms with Crippen LogP contribution in [0.4, 0.5) is 4.39 Å². The summed E-state index contributed by atoms with van der Waals surface area (Å²) in [5.74, 6) is -1.02. The van der Waals surface area contributed by atoms with E-state index in [0.29, 0.717) is 13.2 Å². The average Bonchev–Trinajstić information content (AvgIpc) is 2.61. The molecule has 1 fully saturated rings. The Morgan fingerprint density at radius 1 is 1.32 bits per heavy atom. The molecule has 1 saturated heterocycles. The lowest BCUT2D eigenvalue weighted by Crippen LogP contribution is -2.45. The van der Waals surface area contributed by atoms with Crippen LogP contribution in [0.1, 0.15) is 36.7 Å². The molecular weight excluding hydrogens is 325 g/mol. The van der Waals surface area contributed by atoms with Crippen LogP contribution in [-0.2, 0) is 4.74 Å². The summed E-state index contributed by atoms with van der Waals surface area (Å²) in [6.07, 6.45) is 2.96. The largest absolute Gasteiger partial charge is 0.373 e. The summed E-state index contributed by atoms with van der Waals surface area (Å²) in [7, 11) is 0. The summed E-state index contributed by atoms with van der Waals surface area (Å²) in [5.41, 5.74) is -0.857. The van der Waals surface area contributed by atoms with Crippen LogP contribution in [0.5, 0.6) is 0 Å². The Kier molecular flexibility index (Phi) is 4.94. The van der Waals surface area contributed by atoms with Gasteiger partial charge in [-0.25, -0.2) is 4.39 Å². The van der Waals surface area contributed by atoms with E-state index in [1.54, 1.807) is 6.07 Å². The fraction of sp³-hybridized carbons (Fsp3) is 0.389. The predicted molar refractivity (Wildman–Crippen MR) is 90.3 cm³/mol. The molecule has 132 valence electrons. The first-order valence-corrected chi connectivity index (χ1v) is 8.26. The van der Waals surface area contributed by atoms with Crippen LogP contribution in [0.15, 0.2) is 41.2 Å². The van der Waals surface area contributed by atoms with E-state index in [0.717, 1.165) is 23.9 Å². The molecular formula is C18H20FN3O3. The van der Waals surface area contributed by atoms with Crippen molar-refractivity contribution in [3.05, 3.63) is 58.3 Å². The normalized spacial score (nSPS) is 20.2. The van der Waals surface area contributed by atoms with Crippen LogP contribution in [0, 0.1) is 5.82 Å². The van der Waals surface area contributed by atoms with E-state index in [-0.39, 0.29) is 11.4 Å². The van der Waals surface area contributed by atoms with Crippen molar-refractivity contribution in [3.63, 3.8) is 0 Å². The summed E-state index contributed by atoms with van der Waals surface area (Å²) in [6, 6.07) is 8.32. The van der Waals surface area contributed by atoms with Crippen LogP contribution in [-0.4, -0.2) is 34.4 Å². The molecule has 1 aromatic carbocycles. The third-order valence-corrected chi connectivity index (χ3v) is 4.29. The second-order valence-corrected chi connectivity index (χ2v) is 6.36. The van der Waals surface area contributed by atoms with Crippen molar-refractivity contribution < 1.29 is 13.9 Å². The van der Waals surface area contributed by atoms with Gasteiger partial charge in [0.2, 0.25) is 0 Å². The first kappa shape index (κ1) is 17.3. The number of nitrogens with zero attached hydrogens (tertiary/aromatic N) is 2. The molecule has 1 N–H and O–H groups in total. The van der Waals surface area contributed by atoms with E-state index >= 15 is 0 Å². The number of aromatic nitrogens is 2. The summed E-state index contributed by atoms with van der Waals surface area (Å²) < 4.78 is 20.5. The lowest BCUT2D eigenvalue weighted by atomic mass is 9.96. The minimum atomic E-state index is -0.585. The molecule has 0 radical (unpaired) electrons. The number of halogens is 1. The first-order valence-electron chi connectivity index (χ1n) is 8.26. The van der Waals surface area contributed by atoms with E-state index < -0.39 is 22.9 Å². The second-order valence-electron chi connectivity index (χ2n) is 6.36. The molecule has 0 saturated carbocycles. The van der Waals surface area contributed by atoms with E-state index in [2.05, 4.69) is 10.4 Å². The number of carbonyl (C=O) groups is 1. The molecule has 25 heavy (non-hydrogen) atoms. The fourth-order valence-electron chi connectivity index (χ4n) is 2.82. The molecule has 6 nitrogen and oxygen atoms in total. The topological polar surface area (TPSA) is 73.2 Å². The minimum Gasteiger partial charge on any atom is -0.373 e. The van der Waals surface area contributed by atoms with Crippen molar-refractivity contribution in [1.82, 2.24) is 15.1 Å². The Bertz CT molecular complexity index is 828. The zero-order valence-electron chi connectivity index (χ0n) is 14.0. The van der Waals surface area contributed by atoms with Gasteiger partial charge in [0.1, 0.15) is 17.2 Å². The van der Waals surface area contributed by atoms with E-state index in [1.165, 1.54) is 30.3 Å². The van der Waals surface area contributed by atoms with Crippen molar-refractivity contribution >= 4 is 5.91 Å². The lowest BCUT2D eigenvalue weighted by molar-refractivity contribution is -0.0619. The van der Waals surface area contributed by atoms with Gasteiger partial charge < -0.3 is 10.1 Å². The van der Waals surface area contributed by atoms with Crippen molar-refractivity contribution in [2.24, 2.45) is 0 Å². The van der Waals surface area contributed by atoms with E-state index in [4.69, 9.17) is 4.74 Å². The van der Waals surface area contributed by atoms with Crippen molar-refractivity contribution in [2.75, 3.05) is 13.2 Å². The molecule has 7 heteroatoms. The molecule has 1 amide bonds. The van der Waals surface area contributed by atoms with Gasteiger partial charge in [-0.15, -0.1) is 0 Å². The molecule has 0 aliphatic carbocycles. The van der Waals surface area contributed by atoms with Crippen LogP contribution < -0.4 is 10.9 Å². The highest BCUT2D eigenvalue weighted by atomic mass is 19.1. The van der Waals surface area contributed by atoms with Gasteiger partial charge in [-0.2, -0.15) is 9.78 Å². The zero-order valence-corrected chi connectivity index (χ0v) is 14.0. The number of benzene rings is 1. The van der Waals surface area contributed by atoms with E-state index in [9.17, 15) is 14.0 Å². The highest BCUT2D eigenvalue weighted by molar-refractivity contribution is 5.92. The molecule has 1 aromatic heterocycles. The summed E-state index contributed by atoms with van der Waals surface area (Å²) in [6.45, 7) is 3.00. The maximum absolute atomic E-state index is 13.9. The molecule has 2 heterocycles. The fourth-order valence-corrected chi connectivity index (χ4v) is 2.82. The minimum absolute atomic E-state index is 0.00438. The van der Waals surface area contributed by atoms with Gasteiger partial charge in [-0.3, -0.25) is 9.59 Å². The third kappa shape index (κ3) is 3.93. The van der Waals surface area contributed by atoms with Crippen molar-refractivity contribution in [2.45, 2.75) is 31.8 Å². The number of hydrogen-bond acceptors (Lipinski definition) is 4. The van der Waals surface area contributed by atoms with Crippen LogP contribution >= 0.6 is 0 Å². The number of para-hydroxylation sites is 1. The smallest absolute Gasteiger partial charge is 0.271 e. The standard InChI is InChI=1S/C18H20FN3O3/c1-18(10-4-5-11-25-18)12-20-17(24)14-8-9-16(23)22(21-14)15-7-3-2-6-13(15)19/h2-3,6-9H,4-5,10-12H2,1H3,(H,20,24). The van der Waals surface area contributed by atoms with Crippen LogP contribution in [0.3, 0.4) is 0 Å². The van der Waals surface area contributed by atoms with Gasteiger partial charge in [-0.05, 0) is 44.4 Å². The molecule has 0 bridgehead atoms. The molecule has 1 atom stereocenters. The monoisotopic (exact) mass is 345 g/mol. The highest BCUT2D eigenvalue weighted by Crippen LogP contribution is 2.23. The highest BCUT2D eigenvalue weighted by Gasteiger charge is 2.28. The molecule has 3 rings (SSSR count). The Balaban J connectivity index is 1.79. The zero-order chi connectivity index (χ0) is 17.9. The van der Waals surface area contributed by atoms with E-state index in [1.807, 2.05) is 6.92 Å². The maximum atomic E-state index is 13.9. The predicted octanol–water partition coefficient (Wildman–Crippen LogP) is 2.06.